The first-order valence-corrected chi connectivity index (χ1v) is 5.77. The Hall–Kier alpha value is -1.77. The Morgan fingerprint density at radius 2 is 1.71 bits per heavy atom. The lowest BCUT2D eigenvalue weighted by molar-refractivity contribution is 0.590. The van der Waals surface area contributed by atoms with Gasteiger partial charge < -0.3 is 10.3 Å². The summed E-state index contributed by atoms with van der Waals surface area (Å²) in [5.74, 6) is 0.542. The third-order valence-electron chi connectivity index (χ3n) is 2.96. The first kappa shape index (κ1) is 11.7. The molecule has 2 N–H and O–H groups in total. The number of anilines is 1. The SMILES string of the molecule is Cn1cc(-c2ccc(C(C)(C)C)cc2)nc1N. The minimum Gasteiger partial charge on any atom is -0.369 e. The maximum Gasteiger partial charge on any atom is 0.200 e. The fraction of sp³-hybridized carbons (Fsp3) is 0.357. The normalized spacial score (nSPS) is 11.8. The van der Waals surface area contributed by atoms with Crippen LogP contribution in [0.1, 0.15) is 26.3 Å². The zero-order chi connectivity index (χ0) is 12.6. The predicted octanol–water partition coefficient (Wildman–Crippen LogP) is 2.97. The molecule has 0 spiro atoms. The van der Waals surface area contributed by atoms with Crippen molar-refractivity contribution < 1.29 is 0 Å². The molecule has 3 heteroatoms. The molecule has 0 saturated carbocycles. The minimum atomic E-state index is 0.182. The molecule has 0 fully saturated rings. The molecule has 17 heavy (non-hydrogen) atoms. The molecule has 0 aliphatic carbocycles. The minimum absolute atomic E-state index is 0.182. The molecule has 1 aromatic heterocycles. The van der Waals surface area contributed by atoms with Gasteiger partial charge in [-0.05, 0) is 11.0 Å². The summed E-state index contributed by atoms with van der Waals surface area (Å²) in [6, 6.07) is 8.51. The third-order valence-corrected chi connectivity index (χ3v) is 2.96. The molecule has 0 aliphatic heterocycles. The second-order valence-electron chi connectivity index (χ2n) is 5.42. The number of benzene rings is 1. The van der Waals surface area contributed by atoms with Gasteiger partial charge in [0.1, 0.15) is 0 Å². The molecule has 0 atom stereocenters. The van der Waals surface area contributed by atoms with Crippen molar-refractivity contribution in [3.05, 3.63) is 36.0 Å². The molecule has 2 aromatic rings. The van der Waals surface area contributed by atoms with Crippen LogP contribution in [-0.4, -0.2) is 9.55 Å². The lowest BCUT2D eigenvalue weighted by atomic mass is 9.86. The van der Waals surface area contributed by atoms with Crippen molar-refractivity contribution in [2.75, 3.05) is 5.73 Å². The predicted molar refractivity (Wildman–Crippen MR) is 71.8 cm³/mol. The second kappa shape index (κ2) is 3.91. The fourth-order valence-corrected chi connectivity index (χ4v) is 1.76. The molecular weight excluding hydrogens is 210 g/mol. The highest BCUT2D eigenvalue weighted by atomic mass is 15.1. The zero-order valence-corrected chi connectivity index (χ0v) is 10.9. The largest absolute Gasteiger partial charge is 0.369 e. The van der Waals surface area contributed by atoms with Gasteiger partial charge in [-0.2, -0.15) is 0 Å². The molecular formula is C14H19N3. The van der Waals surface area contributed by atoms with E-state index in [0.29, 0.717) is 5.95 Å². The van der Waals surface area contributed by atoms with Gasteiger partial charge in [-0.3, -0.25) is 0 Å². The van der Waals surface area contributed by atoms with Gasteiger partial charge in [0, 0.05) is 18.8 Å². The van der Waals surface area contributed by atoms with Gasteiger partial charge in [-0.15, -0.1) is 0 Å². The van der Waals surface area contributed by atoms with E-state index < -0.39 is 0 Å². The van der Waals surface area contributed by atoms with Crippen LogP contribution in [0.3, 0.4) is 0 Å². The van der Waals surface area contributed by atoms with Crippen LogP contribution >= 0.6 is 0 Å². The molecule has 0 bridgehead atoms. The van der Waals surface area contributed by atoms with Crippen molar-refractivity contribution in [2.45, 2.75) is 26.2 Å². The summed E-state index contributed by atoms with van der Waals surface area (Å²) in [5, 5.41) is 0. The first-order chi connectivity index (χ1) is 7.88. The maximum atomic E-state index is 5.73. The second-order valence-corrected chi connectivity index (χ2v) is 5.42. The topological polar surface area (TPSA) is 43.8 Å². The molecule has 0 radical (unpaired) electrons. The van der Waals surface area contributed by atoms with Crippen LogP contribution in [0.25, 0.3) is 11.3 Å². The standard InChI is InChI=1S/C14H19N3/c1-14(2,3)11-7-5-10(6-8-11)12-9-17(4)13(15)16-12/h5-9H,1-4H3,(H2,15,16). The van der Waals surface area contributed by atoms with E-state index in [9.17, 15) is 0 Å². The van der Waals surface area contributed by atoms with Crippen LogP contribution in [0.15, 0.2) is 30.5 Å². The van der Waals surface area contributed by atoms with E-state index in [1.54, 1.807) is 0 Å². The highest BCUT2D eigenvalue weighted by molar-refractivity contribution is 5.60. The molecule has 0 unspecified atom stereocenters. The Bertz CT molecular complexity index is 496. The van der Waals surface area contributed by atoms with E-state index in [1.165, 1.54) is 5.56 Å². The molecule has 1 heterocycles. The van der Waals surface area contributed by atoms with Gasteiger partial charge in [0.2, 0.25) is 0 Å². The van der Waals surface area contributed by atoms with Crippen LogP contribution in [0.2, 0.25) is 0 Å². The van der Waals surface area contributed by atoms with Gasteiger partial charge in [0.05, 0.1) is 5.69 Å². The lowest BCUT2D eigenvalue weighted by Crippen LogP contribution is -2.10. The van der Waals surface area contributed by atoms with E-state index in [4.69, 9.17) is 5.73 Å². The number of nitrogens with two attached hydrogens (primary N) is 1. The number of hydrogen-bond donors (Lipinski definition) is 1. The average Bonchev–Trinajstić information content (AvgIpc) is 2.58. The zero-order valence-electron chi connectivity index (χ0n) is 10.9. The van der Waals surface area contributed by atoms with Gasteiger partial charge in [0.15, 0.2) is 5.95 Å². The molecule has 3 nitrogen and oxygen atoms in total. The highest BCUT2D eigenvalue weighted by Gasteiger charge is 2.13. The number of aromatic nitrogens is 2. The third kappa shape index (κ3) is 2.33. The van der Waals surface area contributed by atoms with E-state index >= 15 is 0 Å². The monoisotopic (exact) mass is 229 g/mol. The van der Waals surface area contributed by atoms with Crippen molar-refractivity contribution in [1.29, 1.82) is 0 Å². The number of rotatable bonds is 1. The van der Waals surface area contributed by atoms with Gasteiger partial charge in [-0.1, -0.05) is 45.0 Å². The quantitative estimate of drug-likeness (QED) is 0.817. The van der Waals surface area contributed by atoms with Crippen LogP contribution in [0.5, 0.6) is 0 Å². The lowest BCUT2D eigenvalue weighted by Gasteiger charge is -2.18. The molecule has 0 aliphatic rings. The van der Waals surface area contributed by atoms with Crippen LogP contribution in [-0.2, 0) is 12.5 Å². The smallest absolute Gasteiger partial charge is 0.200 e. The van der Waals surface area contributed by atoms with Crippen LogP contribution < -0.4 is 5.73 Å². The molecule has 2 rings (SSSR count). The summed E-state index contributed by atoms with van der Waals surface area (Å²) in [6.07, 6.45) is 1.95. The first-order valence-electron chi connectivity index (χ1n) is 5.77. The maximum absolute atomic E-state index is 5.73. The van der Waals surface area contributed by atoms with E-state index in [-0.39, 0.29) is 5.41 Å². The Balaban J connectivity index is 2.36. The summed E-state index contributed by atoms with van der Waals surface area (Å²) in [7, 11) is 1.90. The van der Waals surface area contributed by atoms with Crippen molar-refractivity contribution in [2.24, 2.45) is 7.05 Å². The van der Waals surface area contributed by atoms with Crippen molar-refractivity contribution >= 4 is 5.95 Å². The molecule has 90 valence electrons. The van der Waals surface area contributed by atoms with Crippen LogP contribution in [0, 0.1) is 0 Å². The van der Waals surface area contributed by atoms with E-state index in [1.807, 2.05) is 17.8 Å². The number of nitrogen functional groups attached to an aromatic ring is 1. The summed E-state index contributed by atoms with van der Waals surface area (Å²) in [4.78, 5) is 4.31. The molecule has 1 aromatic carbocycles. The summed E-state index contributed by atoms with van der Waals surface area (Å²) < 4.78 is 1.83. The van der Waals surface area contributed by atoms with E-state index in [0.717, 1.165) is 11.3 Å². The van der Waals surface area contributed by atoms with Crippen molar-refractivity contribution in [3.8, 4) is 11.3 Å². The highest BCUT2D eigenvalue weighted by Crippen LogP contribution is 2.25. The number of nitrogens with zero attached hydrogens (tertiary/aromatic N) is 2. The van der Waals surface area contributed by atoms with Crippen molar-refractivity contribution in [3.63, 3.8) is 0 Å². The Kier molecular flexibility index (Phi) is 2.69. The number of imidazole rings is 1. The summed E-state index contributed by atoms with van der Waals surface area (Å²) >= 11 is 0. The Morgan fingerprint density at radius 1 is 1.12 bits per heavy atom. The number of aryl methyl sites for hydroxylation is 1. The van der Waals surface area contributed by atoms with E-state index in [2.05, 4.69) is 50.0 Å². The fourth-order valence-electron chi connectivity index (χ4n) is 1.76. The summed E-state index contributed by atoms with van der Waals surface area (Å²) in [6.45, 7) is 6.63. The van der Waals surface area contributed by atoms with Crippen LogP contribution in [0.4, 0.5) is 5.95 Å². The van der Waals surface area contributed by atoms with Gasteiger partial charge >= 0.3 is 0 Å². The Labute approximate surface area is 102 Å². The summed E-state index contributed by atoms with van der Waals surface area (Å²) in [5.41, 5.74) is 9.26. The van der Waals surface area contributed by atoms with Gasteiger partial charge in [-0.25, -0.2) is 4.98 Å². The Morgan fingerprint density at radius 3 is 2.12 bits per heavy atom. The van der Waals surface area contributed by atoms with Gasteiger partial charge in [0.25, 0.3) is 0 Å². The molecule has 0 saturated heterocycles. The van der Waals surface area contributed by atoms with Crippen molar-refractivity contribution in [1.82, 2.24) is 9.55 Å². The number of hydrogen-bond acceptors (Lipinski definition) is 2. The molecule has 0 amide bonds. The average molecular weight is 229 g/mol.